The van der Waals surface area contributed by atoms with E-state index in [0.717, 1.165) is 16.9 Å². The van der Waals surface area contributed by atoms with Gasteiger partial charge in [0, 0.05) is 5.56 Å². The molecule has 1 saturated heterocycles. The average Bonchev–Trinajstić information content (AvgIpc) is 2.59. The first-order valence-corrected chi connectivity index (χ1v) is 9.04. The van der Waals surface area contributed by atoms with Gasteiger partial charge >= 0.3 is 0 Å². The van der Waals surface area contributed by atoms with Gasteiger partial charge in [-0.2, -0.15) is 10.5 Å². The van der Waals surface area contributed by atoms with E-state index in [1.807, 2.05) is 38.1 Å². The molecular formula is C19H17FN4S. The Balaban J connectivity index is 2.27. The van der Waals surface area contributed by atoms with Crippen LogP contribution < -0.4 is 4.90 Å². The van der Waals surface area contributed by atoms with E-state index in [0.29, 0.717) is 27.5 Å². The van der Waals surface area contributed by atoms with Crippen molar-refractivity contribution in [2.45, 2.75) is 25.0 Å². The molecular weight excluding hydrogens is 335 g/mol. The first-order valence-electron chi connectivity index (χ1n) is 8.06. The smallest absolute Gasteiger partial charge is 0.148 e. The van der Waals surface area contributed by atoms with Gasteiger partial charge in [-0.05, 0) is 18.2 Å². The summed E-state index contributed by atoms with van der Waals surface area (Å²) < 4.78 is 13.3. The van der Waals surface area contributed by atoms with Crippen molar-refractivity contribution in [1.82, 2.24) is 4.98 Å². The van der Waals surface area contributed by atoms with Gasteiger partial charge in [0.25, 0.3) is 0 Å². The molecule has 25 heavy (non-hydrogen) atoms. The van der Waals surface area contributed by atoms with Gasteiger partial charge in [-0.15, -0.1) is 11.8 Å². The monoisotopic (exact) mass is 352 g/mol. The van der Waals surface area contributed by atoms with Crippen molar-refractivity contribution in [3.8, 4) is 23.3 Å². The highest BCUT2D eigenvalue weighted by Crippen LogP contribution is 2.39. The summed E-state index contributed by atoms with van der Waals surface area (Å²) in [7, 11) is 0. The summed E-state index contributed by atoms with van der Waals surface area (Å²) in [4.78, 5) is 6.31. The maximum atomic E-state index is 13.3. The molecule has 1 aromatic carbocycles. The average molecular weight is 352 g/mol. The van der Waals surface area contributed by atoms with E-state index in [1.54, 1.807) is 4.90 Å². The van der Waals surface area contributed by atoms with Crippen molar-refractivity contribution in [1.29, 1.82) is 10.5 Å². The molecule has 6 heteroatoms. The van der Waals surface area contributed by atoms with Gasteiger partial charge in [0.05, 0.1) is 18.7 Å². The number of hydrogen-bond donors (Lipinski definition) is 0. The Bertz CT molecular complexity index is 874. The SMILES string of the molecule is CCSc1nc(N2CC(F)C2)c(C#N)c(-c2ccc(C)cc2)c1C#N. The summed E-state index contributed by atoms with van der Waals surface area (Å²) in [6, 6.07) is 12.1. The molecule has 0 saturated carbocycles. The summed E-state index contributed by atoms with van der Waals surface area (Å²) in [5.41, 5.74) is 3.24. The van der Waals surface area contributed by atoms with Gasteiger partial charge in [-0.3, -0.25) is 0 Å². The number of anilines is 1. The normalized spacial score (nSPS) is 13.9. The van der Waals surface area contributed by atoms with Gasteiger partial charge in [-0.25, -0.2) is 9.37 Å². The number of thioether (sulfide) groups is 1. The molecule has 1 aromatic heterocycles. The first kappa shape index (κ1) is 17.3. The maximum Gasteiger partial charge on any atom is 0.148 e. The van der Waals surface area contributed by atoms with E-state index in [9.17, 15) is 14.9 Å². The maximum absolute atomic E-state index is 13.3. The van der Waals surface area contributed by atoms with Crippen LogP contribution in [-0.4, -0.2) is 30.0 Å². The molecule has 0 unspecified atom stereocenters. The summed E-state index contributed by atoms with van der Waals surface area (Å²) in [5.74, 6) is 1.23. The van der Waals surface area contributed by atoms with Crippen LogP contribution in [0.5, 0.6) is 0 Å². The van der Waals surface area contributed by atoms with E-state index < -0.39 is 6.17 Å². The lowest BCUT2D eigenvalue weighted by Gasteiger charge is -2.36. The Labute approximate surface area is 150 Å². The Morgan fingerprint density at radius 3 is 2.36 bits per heavy atom. The molecule has 2 heterocycles. The molecule has 0 radical (unpaired) electrons. The number of aryl methyl sites for hydroxylation is 1. The molecule has 0 atom stereocenters. The third-order valence-electron chi connectivity index (χ3n) is 4.13. The molecule has 2 aromatic rings. The van der Waals surface area contributed by atoms with Gasteiger partial charge in [0.1, 0.15) is 34.7 Å². The Morgan fingerprint density at radius 1 is 1.20 bits per heavy atom. The lowest BCUT2D eigenvalue weighted by molar-refractivity contribution is 0.273. The second kappa shape index (κ2) is 7.13. The molecule has 1 fully saturated rings. The highest BCUT2D eigenvalue weighted by Gasteiger charge is 2.32. The van der Waals surface area contributed by atoms with Crippen molar-refractivity contribution in [2.24, 2.45) is 0 Å². The minimum Gasteiger partial charge on any atom is -0.349 e. The summed E-state index contributed by atoms with van der Waals surface area (Å²) in [6.45, 7) is 4.43. The third kappa shape index (κ3) is 3.18. The standard InChI is InChI=1S/C19H17FN4S/c1-3-25-19-16(9-22)17(13-6-4-12(2)5-7-13)15(8-21)18(23-19)24-10-14(20)11-24/h4-7,14H,3,10-11H2,1-2H3. The fourth-order valence-electron chi connectivity index (χ4n) is 2.84. The van der Waals surface area contributed by atoms with E-state index in [4.69, 9.17) is 0 Å². The highest BCUT2D eigenvalue weighted by molar-refractivity contribution is 7.99. The number of pyridine rings is 1. The predicted octanol–water partition coefficient (Wildman–Crippen LogP) is 4.07. The zero-order valence-corrected chi connectivity index (χ0v) is 14.9. The fraction of sp³-hybridized carbons (Fsp3) is 0.316. The molecule has 1 aliphatic heterocycles. The molecule has 0 N–H and O–H groups in total. The quantitative estimate of drug-likeness (QED) is 0.776. The molecule has 4 nitrogen and oxygen atoms in total. The van der Waals surface area contributed by atoms with Gasteiger partial charge < -0.3 is 4.90 Å². The minimum absolute atomic E-state index is 0.233. The van der Waals surface area contributed by atoms with Crippen LogP contribution in [0.25, 0.3) is 11.1 Å². The van der Waals surface area contributed by atoms with E-state index in [-0.39, 0.29) is 13.1 Å². The van der Waals surface area contributed by atoms with Gasteiger partial charge in [-0.1, -0.05) is 36.8 Å². The number of alkyl halides is 1. The molecule has 126 valence electrons. The highest BCUT2D eigenvalue weighted by atomic mass is 32.2. The van der Waals surface area contributed by atoms with Crippen molar-refractivity contribution in [3.63, 3.8) is 0 Å². The molecule has 0 spiro atoms. The van der Waals surface area contributed by atoms with E-state index in [1.165, 1.54) is 11.8 Å². The summed E-state index contributed by atoms with van der Waals surface area (Å²) in [5, 5.41) is 20.1. The molecule has 3 rings (SSSR count). The van der Waals surface area contributed by atoms with Crippen molar-refractivity contribution < 1.29 is 4.39 Å². The van der Waals surface area contributed by atoms with Crippen molar-refractivity contribution >= 4 is 17.6 Å². The van der Waals surface area contributed by atoms with Crippen LogP contribution in [-0.2, 0) is 0 Å². The Morgan fingerprint density at radius 2 is 1.84 bits per heavy atom. The summed E-state index contributed by atoms with van der Waals surface area (Å²) >= 11 is 1.46. The van der Waals surface area contributed by atoms with Crippen LogP contribution in [0, 0.1) is 29.6 Å². The van der Waals surface area contributed by atoms with E-state index >= 15 is 0 Å². The van der Waals surface area contributed by atoms with Gasteiger partial charge in [0.15, 0.2) is 0 Å². The fourth-order valence-corrected chi connectivity index (χ4v) is 3.55. The zero-order chi connectivity index (χ0) is 18.0. The number of benzene rings is 1. The van der Waals surface area contributed by atoms with Crippen LogP contribution in [0.15, 0.2) is 29.3 Å². The number of nitrogens with zero attached hydrogens (tertiary/aromatic N) is 4. The third-order valence-corrected chi connectivity index (χ3v) is 4.98. The zero-order valence-electron chi connectivity index (χ0n) is 14.1. The van der Waals surface area contributed by atoms with Crippen LogP contribution in [0.2, 0.25) is 0 Å². The molecule has 0 amide bonds. The number of hydrogen-bond acceptors (Lipinski definition) is 5. The van der Waals surface area contributed by atoms with Crippen LogP contribution in [0.1, 0.15) is 23.6 Å². The van der Waals surface area contributed by atoms with Crippen LogP contribution >= 0.6 is 11.8 Å². The largest absolute Gasteiger partial charge is 0.349 e. The molecule has 0 aliphatic carbocycles. The number of halogens is 1. The number of rotatable bonds is 4. The van der Waals surface area contributed by atoms with Crippen molar-refractivity contribution in [3.05, 3.63) is 41.0 Å². The molecule has 1 aliphatic rings. The topological polar surface area (TPSA) is 63.7 Å². The minimum atomic E-state index is -0.894. The second-order valence-corrected chi connectivity index (χ2v) is 7.14. The van der Waals surface area contributed by atoms with Gasteiger partial charge in [0.2, 0.25) is 0 Å². The first-order chi connectivity index (χ1) is 12.1. The number of nitriles is 2. The molecule has 0 bridgehead atoms. The second-order valence-electron chi connectivity index (χ2n) is 5.89. The van der Waals surface area contributed by atoms with Crippen LogP contribution in [0.3, 0.4) is 0 Å². The lowest BCUT2D eigenvalue weighted by Crippen LogP contribution is -2.49. The summed E-state index contributed by atoms with van der Waals surface area (Å²) in [6.07, 6.45) is -0.894. The predicted molar refractivity (Wildman–Crippen MR) is 97.3 cm³/mol. The van der Waals surface area contributed by atoms with E-state index in [2.05, 4.69) is 17.1 Å². The van der Waals surface area contributed by atoms with Crippen LogP contribution in [0.4, 0.5) is 10.2 Å². The number of aromatic nitrogens is 1. The Hall–Kier alpha value is -2.57. The van der Waals surface area contributed by atoms with Crippen molar-refractivity contribution in [2.75, 3.05) is 23.7 Å². The lowest BCUT2D eigenvalue weighted by atomic mass is 9.95. The Kier molecular flexibility index (Phi) is 4.92.